The van der Waals surface area contributed by atoms with E-state index in [1.54, 1.807) is 23.6 Å². The van der Waals surface area contributed by atoms with E-state index in [0.717, 1.165) is 6.07 Å². The fourth-order valence-electron chi connectivity index (χ4n) is 2.85. The number of rotatable bonds is 3. The summed E-state index contributed by atoms with van der Waals surface area (Å²) in [7, 11) is 0. The summed E-state index contributed by atoms with van der Waals surface area (Å²) in [5.74, 6) is -0.571. The Morgan fingerprint density at radius 2 is 2.12 bits per heavy atom. The molecule has 0 aliphatic rings. The molecule has 1 atom stereocenters. The fourth-order valence-corrected chi connectivity index (χ4v) is 2.85. The third-order valence-corrected chi connectivity index (χ3v) is 4.16. The van der Waals surface area contributed by atoms with Crippen molar-refractivity contribution in [3.8, 4) is 0 Å². The number of aromatic nitrogens is 4. The maximum atomic E-state index is 13.4. The number of hydrogen-bond donors (Lipinski definition) is 2. The standard InChI is InChI=1S/C18H14FN5O2/c1-10(17-23-22-15-4-2-3-7-24(15)17)21-18(26)13-9-20-14-6-5-11(19)8-12(14)16(13)25/h2-10H,1H3,(H,20,25)(H,21,26)/t10-/m0/s1. The van der Waals surface area contributed by atoms with Gasteiger partial charge in [0, 0.05) is 23.3 Å². The third kappa shape index (κ3) is 2.61. The van der Waals surface area contributed by atoms with Gasteiger partial charge in [0.2, 0.25) is 5.43 Å². The topological polar surface area (TPSA) is 92.1 Å². The largest absolute Gasteiger partial charge is 0.360 e. The molecule has 1 amide bonds. The maximum absolute atomic E-state index is 13.4. The number of amides is 1. The predicted octanol–water partition coefficient (Wildman–Crippen LogP) is 2.20. The molecule has 4 aromatic rings. The lowest BCUT2D eigenvalue weighted by Gasteiger charge is -2.12. The highest BCUT2D eigenvalue weighted by Gasteiger charge is 2.19. The first-order valence-corrected chi connectivity index (χ1v) is 7.96. The molecule has 0 spiro atoms. The number of nitrogens with zero attached hydrogens (tertiary/aromatic N) is 3. The van der Waals surface area contributed by atoms with Crippen molar-refractivity contribution in [1.29, 1.82) is 0 Å². The van der Waals surface area contributed by atoms with Crippen LogP contribution >= 0.6 is 0 Å². The van der Waals surface area contributed by atoms with Crippen LogP contribution in [-0.4, -0.2) is 25.5 Å². The van der Waals surface area contributed by atoms with Gasteiger partial charge in [0.25, 0.3) is 5.91 Å². The number of H-pyrrole nitrogens is 1. The molecule has 3 aromatic heterocycles. The lowest BCUT2D eigenvalue weighted by molar-refractivity contribution is 0.0937. The zero-order valence-electron chi connectivity index (χ0n) is 13.7. The molecule has 4 rings (SSSR count). The van der Waals surface area contributed by atoms with Crippen molar-refractivity contribution in [2.24, 2.45) is 0 Å². The van der Waals surface area contributed by atoms with Crippen LogP contribution in [0, 0.1) is 5.82 Å². The summed E-state index contributed by atoms with van der Waals surface area (Å²) in [6.45, 7) is 1.75. The predicted molar refractivity (Wildman–Crippen MR) is 93.4 cm³/mol. The SMILES string of the molecule is C[C@H](NC(=O)c1c[nH]c2ccc(F)cc2c1=O)c1nnc2ccccn12. The van der Waals surface area contributed by atoms with Crippen molar-refractivity contribution < 1.29 is 9.18 Å². The Morgan fingerprint density at radius 3 is 2.96 bits per heavy atom. The molecule has 0 saturated carbocycles. The lowest BCUT2D eigenvalue weighted by Crippen LogP contribution is -2.32. The number of aromatic amines is 1. The molecular weight excluding hydrogens is 337 g/mol. The van der Waals surface area contributed by atoms with Crippen molar-refractivity contribution in [3.63, 3.8) is 0 Å². The first kappa shape index (κ1) is 15.9. The third-order valence-electron chi connectivity index (χ3n) is 4.16. The summed E-state index contributed by atoms with van der Waals surface area (Å²) in [6.07, 6.45) is 3.12. The van der Waals surface area contributed by atoms with Gasteiger partial charge in [-0.3, -0.25) is 14.0 Å². The minimum atomic E-state index is -0.572. The van der Waals surface area contributed by atoms with Crippen LogP contribution in [0.15, 0.2) is 53.6 Å². The minimum absolute atomic E-state index is 0.0937. The van der Waals surface area contributed by atoms with Gasteiger partial charge in [-0.1, -0.05) is 6.07 Å². The average molecular weight is 351 g/mol. The normalized spacial score (nSPS) is 12.4. The summed E-state index contributed by atoms with van der Waals surface area (Å²) in [5, 5.41) is 11.0. The number of benzene rings is 1. The van der Waals surface area contributed by atoms with Crippen molar-refractivity contribution in [1.82, 2.24) is 24.9 Å². The van der Waals surface area contributed by atoms with Gasteiger partial charge < -0.3 is 10.3 Å². The molecular formula is C18H14FN5O2. The Balaban J connectivity index is 1.67. The van der Waals surface area contributed by atoms with Crippen molar-refractivity contribution >= 4 is 22.5 Å². The molecule has 0 fully saturated rings. The Kier molecular flexibility index (Phi) is 3.72. The lowest BCUT2D eigenvalue weighted by atomic mass is 10.1. The highest BCUT2D eigenvalue weighted by atomic mass is 19.1. The fraction of sp³-hybridized carbons (Fsp3) is 0.111. The van der Waals surface area contributed by atoms with Gasteiger partial charge >= 0.3 is 0 Å². The van der Waals surface area contributed by atoms with Crippen LogP contribution < -0.4 is 10.7 Å². The Bertz CT molecular complexity index is 1200. The van der Waals surface area contributed by atoms with Crippen molar-refractivity contribution in [2.75, 3.05) is 0 Å². The molecule has 2 N–H and O–H groups in total. The molecule has 7 nitrogen and oxygen atoms in total. The number of carbonyl (C=O) groups excluding carboxylic acids is 1. The quantitative estimate of drug-likeness (QED) is 0.592. The second kappa shape index (κ2) is 6.07. The summed E-state index contributed by atoms with van der Waals surface area (Å²) < 4.78 is 15.2. The molecule has 8 heteroatoms. The van der Waals surface area contributed by atoms with Gasteiger partial charge in [0.15, 0.2) is 11.5 Å². The van der Waals surface area contributed by atoms with Gasteiger partial charge in [-0.05, 0) is 37.3 Å². The van der Waals surface area contributed by atoms with Gasteiger partial charge in [-0.2, -0.15) is 0 Å². The molecule has 3 heterocycles. The zero-order chi connectivity index (χ0) is 18.3. The van der Waals surface area contributed by atoms with E-state index in [9.17, 15) is 14.0 Å². The number of nitrogens with one attached hydrogen (secondary N) is 2. The molecule has 0 aliphatic heterocycles. The molecule has 0 aliphatic carbocycles. The molecule has 26 heavy (non-hydrogen) atoms. The van der Waals surface area contributed by atoms with Crippen LogP contribution in [0.4, 0.5) is 4.39 Å². The van der Waals surface area contributed by atoms with E-state index >= 15 is 0 Å². The van der Waals surface area contributed by atoms with Crippen LogP contribution in [0.1, 0.15) is 29.1 Å². The Morgan fingerprint density at radius 1 is 1.27 bits per heavy atom. The van der Waals surface area contributed by atoms with Gasteiger partial charge in [0.1, 0.15) is 11.4 Å². The summed E-state index contributed by atoms with van der Waals surface area (Å²) in [5.41, 5.74) is 0.491. The zero-order valence-corrected chi connectivity index (χ0v) is 13.7. The molecule has 0 bridgehead atoms. The minimum Gasteiger partial charge on any atom is -0.360 e. The van der Waals surface area contributed by atoms with Crippen LogP contribution in [0.25, 0.3) is 16.6 Å². The number of fused-ring (bicyclic) bond motifs is 2. The van der Waals surface area contributed by atoms with Gasteiger partial charge in [0.05, 0.1) is 6.04 Å². The van der Waals surface area contributed by atoms with Gasteiger partial charge in [-0.15, -0.1) is 10.2 Å². The molecule has 1 aromatic carbocycles. The molecule has 130 valence electrons. The summed E-state index contributed by atoms with van der Waals surface area (Å²) >= 11 is 0. The van der Waals surface area contributed by atoms with E-state index in [2.05, 4.69) is 20.5 Å². The van der Waals surface area contributed by atoms with E-state index < -0.39 is 23.2 Å². The van der Waals surface area contributed by atoms with Crippen molar-refractivity contribution in [2.45, 2.75) is 13.0 Å². The summed E-state index contributed by atoms with van der Waals surface area (Å²) in [6, 6.07) is 8.80. The van der Waals surface area contributed by atoms with Crippen LogP contribution in [0.2, 0.25) is 0 Å². The van der Waals surface area contributed by atoms with E-state index in [0.29, 0.717) is 17.0 Å². The Hall–Kier alpha value is -3.55. The number of halogens is 1. The number of carbonyl (C=O) groups is 1. The van der Waals surface area contributed by atoms with Crippen LogP contribution in [-0.2, 0) is 0 Å². The molecule has 0 radical (unpaired) electrons. The van der Waals surface area contributed by atoms with Crippen LogP contribution in [0.5, 0.6) is 0 Å². The second-order valence-corrected chi connectivity index (χ2v) is 5.90. The van der Waals surface area contributed by atoms with E-state index in [1.807, 2.05) is 12.1 Å². The number of pyridine rings is 2. The monoisotopic (exact) mass is 351 g/mol. The maximum Gasteiger partial charge on any atom is 0.257 e. The Labute approximate surface area is 146 Å². The second-order valence-electron chi connectivity index (χ2n) is 5.90. The van der Waals surface area contributed by atoms with E-state index in [1.165, 1.54) is 18.3 Å². The highest BCUT2D eigenvalue weighted by molar-refractivity contribution is 5.97. The summed E-state index contributed by atoms with van der Waals surface area (Å²) in [4.78, 5) is 27.9. The van der Waals surface area contributed by atoms with Crippen molar-refractivity contribution in [3.05, 3.63) is 76.2 Å². The molecule has 0 unspecified atom stereocenters. The highest BCUT2D eigenvalue weighted by Crippen LogP contribution is 2.13. The molecule has 0 saturated heterocycles. The van der Waals surface area contributed by atoms with Gasteiger partial charge in [-0.25, -0.2) is 4.39 Å². The van der Waals surface area contributed by atoms with Crippen LogP contribution in [0.3, 0.4) is 0 Å². The average Bonchev–Trinajstić information content (AvgIpc) is 3.06. The first-order valence-electron chi connectivity index (χ1n) is 7.96. The van der Waals surface area contributed by atoms with E-state index in [4.69, 9.17) is 0 Å². The smallest absolute Gasteiger partial charge is 0.257 e. The van der Waals surface area contributed by atoms with E-state index in [-0.39, 0.29) is 10.9 Å². The number of hydrogen-bond acceptors (Lipinski definition) is 4. The first-order chi connectivity index (χ1) is 12.5.